The van der Waals surface area contributed by atoms with Crippen molar-refractivity contribution in [3.8, 4) is 5.75 Å². The van der Waals surface area contributed by atoms with E-state index in [2.05, 4.69) is 0 Å². The smallest absolute Gasteiger partial charge is 0.306 e. The number of carboxylic acids is 1. The van der Waals surface area contributed by atoms with Gasteiger partial charge < -0.3 is 9.84 Å². The summed E-state index contributed by atoms with van der Waals surface area (Å²) in [4.78, 5) is 11.7. The van der Waals surface area contributed by atoms with E-state index in [-0.39, 0.29) is 29.4 Å². The molecule has 1 aliphatic carbocycles. The van der Waals surface area contributed by atoms with Crippen molar-refractivity contribution in [2.45, 2.75) is 23.0 Å². The van der Waals surface area contributed by atoms with Gasteiger partial charge in [-0.2, -0.15) is 0 Å². The van der Waals surface area contributed by atoms with Gasteiger partial charge >= 0.3 is 5.97 Å². The number of sulfone groups is 1. The molecule has 1 N–H and O–H groups in total. The molecule has 1 fully saturated rings. The Morgan fingerprint density at radius 2 is 1.74 bits per heavy atom. The monoisotopic (exact) mass is 428 g/mol. The number of carbonyl (C=O) groups is 1. The Morgan fingerprint density at radius 1 is 1.07 bits per heavy atom. The van der Waals surface area contributed by atoms with Crippen LogP contribution in [0.25, 0.3) is 0 Å². The predicted molar refractivity (Wildman–Crippen MR) is 103 cm³/mol. The summed E-state index contributed by atoms with van der Waals surface area (Å²) in [6.07, 6.45) is 0.246. The van der Waals surface area contributed by atoms with Crippen LogP contribution >= 0.6 is 23.2 Å². The largest absolute Gasteiger partial charge is 0.493 e. The van der Waals surface area contributed by atoms with Crippen LogP contribution in [0.1, 0.15) is 12.8 Å². The van der Waals surface area contributed by atoms with Gasteiger partial charge in [0.15, 0.2) is 9.84 Å². The summed E-state index contributed by atoms with van der Waals surface area (Å²) in [7, 11) is -3.73. The SMILES string of the molecule is O=C(O)[C@@H]1C[C@@H](S(=O)(=O)c2ccccc2Cl)C[C@H]1COc1ccc(Cl)cc1. The molecule has 0 spiro atoms. The van der Waals surface area contributed by atoms with Crippen LogP contribution in [0.4, 0.5) is 0 Å². The van der Waals surface area contributed by atoms with Gasteiger partial charge in [-0.15, -0.1) is 0 Å². The van der Waals surface area contributed by atoms with Crippen LogP contribution in [-0.2, 0) is 14.6 Å². The molecule has 0 heterocycles. The van der Waals surface area contributed by atoms with Crippen LogP contribution in [0.5, 0.6) is 5.75 Å². The van der Waals surface area contributed by atoms with E-state index in [1.165, 1.54) is 12.1 Å². The van der Waals surface area contributed by atoms with E-state index in [0.717, 1.165) is 0 Å². The van der Waals surface area contributed by atoms with E-state index in [4.69, 9.17) is 27.9 Å². The molecule has 0 radical (unpaired) electrons. The van der Waals surface area contributed by atoms with Crippen LogP contribution in [0.2, 0.25) is 10.0 Å². The van der Waals surface area contributed by atoms with Crippen LogP contribution in [0.15, 0.2) is 53.4 Å². The van der Waals surface area contributed by atoms with Gasteiger partial charge in [0.05, 0.1) is 27.7 Å². The summed E-state index contributed by atoms with van der Waals surface area (Å²) in [5, 5.41) is 9.43. The van der Waals surface area contributed by atoms with Crippen molar-refractivity contribution >= 4 is 39.0 Å². The first-order valence-corrected chi connectivity index (χ1v) is 10.7. The first-order chi connectivity index (χ1) is 12.8. The van der Waals surface area contributed by atoms with Gasteiger partial charge in [-0.3, -0.25) is 4.79 Å². The zero-order chi connectivity index (χ0) is 19.6. The molecule has 144 valence electrons. The van der Waals surface area contributed by atoms with Crippen molar-refractivity contribution in [3.63, 3.8) is 0 Å². The fourth-order valence-corrected chi connectivity index (χ4v) is 5.92. The van der Waals surface area contributed by atoms with E-state index in [1.54, 1.807) is 36.4 Å². The van der Waals surface area contributed by atoms with Crippen molar-refractivity contribution in [2.75, 3.05) is 6.61 Å². The second-order valence-electron chi connectivity index (χ2n) is 6.54. The summed E-state index contributed by atoms with van der Waals surface area (Å²) in [6, 6.07) is 12.9. The molecule has 0 aromatic heterocycles. The maximum atomic E-state index is 12.9. The Kier molecular flexibility index (Phi) is 5.99. The molecule has 0 unspecified atom stereocenters. The standard InChI is InChI=1S/C19H18Cl2O5S/c20-13-5-7-14(8-6-13)26-11-12-9-15(10-16(12)19(22)23)27(24,25)18-4-2-1-3-17(18)21/h1-8,12,15-16H,9-11H2,(H,22,23)/t12-,15-,16+/m0/s1. The number of ether oxygens (including phenoxy) is 1. The summed E-state index contributed by atoms with van der Waals surface area (Å²) < 4.78 is 31.6. The first kappa shape index (κ1) is 20.0. The number of halogens is 2. The molecule has 27 heavy (non-hydrogen) atoms. The van der Waals surface area contributed by atoms with Crippen molar-refractivity contribution in [1.29, 1.82) is 0 Å². The molecule has 1 saturated carbocycles. The van der Waals surface area contributed by atoms with Gasteiger partial charge in [-0.05, 0) is 49.2 Å². The Labute approximate surface area is 167 Å². The fraction of sp³-hybridized carbons (Fsp3) is 0.316. The Bertz CT molecular complexity index is 927. The minimum Gasteiger partial charge on any atom is -0.493 e. The summed E-state index contributed by atoms with van der Waals surface area (Å²) in [5.41, 5.74) is 0. The highest BCUT2D eigenvalue weighted by molar-refractivity contribution is 7.92. The zero-order valence-corrected chi connectivity index (χ0v) is 16.5. The third-order valence-corrected chi connectivity index (χ3v) is 7.75. The summed E-state index contributed by atoms with van der Waals surface area (Å²) >= 11 is 11.9. The first-order valence-electron chi connectivity index (χ1n) is 8.38. The van der Waals surface area contributed by atoms with Gasteiger partial charge in [0, 0.05) is 10.9 Å². The van der Waals surface area contributed by atoms with E-state index < -0.39 is 32.9 Å². The lowest BCUT2D eigenvalue weighted by Gasteiger charge is -2.16. The van der Waals surface area contributed by atoms with E-state index in [1.807, 2.05) is 0 Å². The molecular weight excluding hydrogens is 411 g/mol. The number of hydrogen-bond acceptors (Lipinski definition) is 4. The molecule has 3 atom stereocenters. The van der Waals surface area contributed by atoms with Crippen molar-refractivity contribution in [2.24, 2.45) is 11.8 Å². The molecule has 2 aromatic carbocycles. The average Bonchev–Trinajstić information content (AvgIpc) is 3.07. The Morgan fingerprint density at radius 3 is 2.37 bits per heavy atom. The number of benzene rings is 2. The third kappa shape index (κ3) is 4.39. The summed E-state index contributed by atoms with van der Waals surface area (Å²) in [5.74, 6) is -1.67. The molecule has 3 rings (SSSR count). The molecule has 1 aliphatic rings. The number of hydrogen-bond donors (Lipinski definition) is 1. The highest BCUT2D eigenvalue weighted by atomic mass is 35.5. The van der Waals surface area contributed by atoms with Crippen LogP contribution < -0.4 is 4.74 Å². The molecule has 0 saturated heterocycles. The Hall–Kier alpha value is -1.76. The Balaban J connectivity index is 1.77. The topological polar surface area (TPSA) is 80.7 Å². The lowest BCUT2D eigenvalue weighted by molar-refractivity contribution is -0.143. The van der Waals surface area contributed by atoms with Crippen molar-refractivity contribution in [1.82, 2.24) is 0 Å². The lowest BCUT2D eigenvalue weighted by Crippen LogP contribution is -2.23. The second kappa shape index (κ2) is 8.09. The highest BCUT2D eigenvalue weighted by Crippen LogP contribution is 2.40. The molecule has 2 aromatic rings. The van der Waals surface area contributed by atoms with Gasteiger partial charge in [-0.1, -0.05) is 35.3 Å². The fourth-order valence-electron chi connectivity index (χ4n) is 3.40. The second-order valence-corrected chi connectivity index (χ2v) is 9.58. The van der Waals surface area contributed by atoms with E-state index in [9.17, 15) is 18.3 Å². The molecule has 0 aliphatic heterocycles. The maximum Gasteiger partial charge on any atom is 0.306 e. The van der Waals surface area contributed by atoms with Crippen LogP contribution in [0.3, 0.4) is 0 Å². The van der Waals surface area contributed by atoms with E-state index >= 15 is 0 Å². The summed E-state index contributed by atoms with van der Waals surface area (Å²) in [6.45, 7) is 0.118. The van der Waals surface area contributed by atoms with Crippen LogP contribution in [0, 0.1) is 11.8 Å². The molecular formula is C19H18Cl2O5S. The quantitative estimate of drug-likeness (QED) is 0.740. The van der Waals surface area contributed by atoms with E-state index in [0.29, 0.717) is 10.8 Å². The van der Waals surface area contributed by atoms with Crippen LogP contribution in [-0.4, -0.2) is 31.4 Å². The maximum absolute atomic E-state index is 12.9. The highest BCUT2D eigenvalue weighted by Gasteiger charge is 2.45. The van der Waals surface area contributed by atoms with Gasteiger partial charge in [0.1, 0.15) is 5.75 Å². The molecule has 5 nitrogen and oxygen atoms in total. The minimum absolute atomic E-state index is 0.0392. The number of aliphatic carboxylic acids is 1. The lowest BCUT2D eigenvalue weighted by atomic mass is 9.97. The molecule has 0 amide bonds. The third-order valence-electron chi connectivity index (χ3n) is 4.83. The van der Waals surface area contributed by atoms with Crippen molar-refractivity contribution in [3.05, 3.63) is 58.6 Å². The predicted octanol–water partition coefficient (Wildman–Crippen LogP) is 4.33. The average molecular weight is 429 g/mol. The molecule has 0 bridgehead atoms. The van der Waals surface area contributed by atoms with Gasteiger partial charge in [0.2, 0.25) is 0 Å². The van der Waals surface area contributed by atoms with Gasteiger partial charge in [-0.25, -0.2) is 8.42 Å². The van der Waals surface area contributed by atoms with Gasteiger partial charge in [0.25, 0.3) is 0 Å². The van der Waals surface area contributed by atoms with Crippen molar-refractivity contribution < 1.29 is 23.1 Å². The number of carboxylic acid groups (broad SMARTS) is 1. The zero-order valence-electron chi connectivity index (χ0n) is 14.2. The minimum atomic E-state index is -3.73. The normalized spacial score (nSPS) is 22.5. The number of rotatable bonds is 6. The molecule has 8 heteroatoms.